The molecular formula is C23H21ClN2O3. The van der Waals surface area contributed by atoms with Crippen molar-refractivity contribution in [1.29, 1.82) is 0 Å². The fraction of sp³-hybridized carbons (Fsp3) is 0.130. The van der Waals surface area contributed by atoms with E-state index in [0.29, 0.717) is 22.0 Å². The molecule has 0 aliphatic heterocycles. The Morgan fingerprint density at radius 3 is 2.45 bits per heavy atom. The molecule has 0 saturated heterocycles. The van der Waals surface area contributed by atoms with Crippen LogP contribution >= 0.6 is 11.6 Å². The molecule has 0 heterocycles. The average Bonchev–Trinajstić information content (AvgIpc) is 2.74. The summed E-state index contributed by atoms with van der Waals surface area (Å²) in [7, 11) is 0. The van der Waals surface area contributed by atoms with Gasteiger partial charge in [-0.25, -0.2) is 0 Å². The van der Waals surface area contributed by atoms with Gasteiger partial charge in [-0.1, -0.05) is 54.1 Å². The maximum absolute atomic E-state index is 12.3. The van der Waals surface area contributed by atoms with Crippen LogP contribution in [0.5, 0.6) is 5.75 Å². The van der Waals surface area contributed by atoms with Crippen molar-refractivity contribution in [2.45, 2.75) is 13.0 Å². The molecule has 5 nitrogen and oxygen atoms in total. The second-order valence-corrected chi connectivity index (χ2v) is 6.86. The highest BCUT2D eigenvalue weighted by molar-refractivity contribution is 6.32. The van der Waals surface area contributed by atoms with Gasteiger partial charge in [0.2, 0.25) is 0 Å². The largest absolute Gasteiger partial charge is 0.482 e. The lowest BCUT2D eigenvalue weighted by Gasteiger charge is -2.16. The minimum Gasteiger partial charge on any atom is -0.482 e. The molecule has 2 amide bonds. The molecule has 0 aliphatic rings. The molecule has 0 spiro atoms. The number of rotatable bonds is 7. The maximum atomic E-state index is 12.3. The van der Waals surface area contributed by atoms with E-state index in [2.05, 4.69) is 10.6 Å². The highest BCUT2D eigenvalue weighted by atomic mass is 35.5. The van der Waals surface area contributed by atoms with Gasteiger partial charge in [-0.15, -0.1) is 0 Å². The summed E-state index contributed by atoms with van der Waals surface area (Å²) in [6.45, 7) is 1.73. The average molecular weight is 409 g/mol. The van der Waals surface area contributed by atoms with E-state index in [1.165, 1.54) is 0 Å². The van der Waals surface area contributed by atoms with Crippen LogP contribution < -0.4 is 15.4 Å². The van der Waals surface area contributed by atoms with E-state index >= 15 is 0 Å². The second kappa shape index (κ2) is 9.75. The van der Waals surface area contributed by atoms with Crippen LogP contribution in [0.15, 0.2) is 78.9 Å². The van der Waals surface area contributed by atoms with Gasteiger partial charge >= 0.3 is 0 Å². The molecule has 3 aromatic carbocycles. The van der Waals surface area contributed by atoms with Gasteiger partial charge in [0.15, 0.2) is 6.61 Å². The van der Waals surface area contributed by atoms with Crippen molar-refractivity contribution in [2.24, 2.45) is 0 Å². The van der Waals surface area contributed by atoms with Crippen molar-refractivity contribution in [3.8, 4) is 5.75 Å². The van der Waals surface area contributed by atoms with Gasteiger partial charge in [0.05, 0.1) is 11.1 Å². The van der Waals surface area contributed by atoms with E-state index in [9.17, 15) is 9.59 Å². The summed E-state index contributed by atoms with van der Waals surface area (Å²) in [6, 6.07) is 23.1. The molecule has 6 heteroatoms. The first-order valence-corrected chi connectivity index (χ1v) is 9.54. The van der Waals surface area contributed by atoms with Crippen LogP contribution in [0.25, 0.3) is 0 Å². The lowest BCUT2D eigenvalue weighted by molar-refractivity contribution is -0.123. The Balaban J connectivity index is 1.57. The zero-order valence-electron chi connectivity index (χ0n) is 15.9. The number of ether oxygens (including phenoxy) is 1. The molecule has 0 aromatic heterocycles. The fourth-order valence-electron chi connectivity index (χ4n) is 2.75. The second-order valence-electron chi connectivity index (χ2n) is 6.45. The summed E-state index contributed by atoms with van der Waals surface area (Å²) in [5.41, 5.74) is 2.10. The SMILES string of the molecule is C[C@@H](NC(=O)COc1ccccc1Cl)c1cccc(NC(=O)c2ccccc2)c1. The van der Waals surface area contributed by atoms with Crippen molar-refractivity contribution >= 4 is 29.1 Å². The number of hydrogen-bond donors (Lipinski definition) is 2. The molecule has 3 aromatic rings. The number of nitrogens with one attached hydrogen (secondary N) is 2. The first kappa shape index (κ1) is 20.4. The number of halogens is 1. The third-order valence-corrected chi connectivity index (χ3v) is 4.57. The third kappa shape index (κ3) is 5.83. The van der Waals surface area contributed by atoms with Gasteiger partial charge in [-0.2, -0.15) is 0 Å². The lowest BCUT2D eigenvalue weighted by atomic mass is 10.1. The summed E-state index contributed by atoms with van der Waals surface area (Å²) in [4.78, 5) is 24.5. The molecule has 0 saturated carbocycles. The molecule has 0 radical (unpaired) electrons. The van der Waals surface area contributed by atoms with Gasteiger partial charge in [-0.05, 0) is 48.9 Å². The third-order valence-electron chi connectivity index (χ3n) is 4.25. The smallest absolute Gasteiger partial charge is 0.258 e. The molecular weight excluding hydrogens is 388 g/mol. The van der Waals surface area contributed by atoms with Crippen LogP contribution in [-0.4, -0.2) is 18.4 Å². The Morgan fingerprint density at radius 2 is 1.69 bits per heavy atom. The topological polar surface area (TPSA) is 67.4 Å². The highest BCUT2D eigenvalue weighted by Gasteiger charge is 2.12. The van der Waals surface area contributed by atoms with E-state index in [-0.39, 0.29) is 24.5 Å². The predicted octanol–water partition coefficient (Wildman–Crippen LogP) is 4.85. The van der Waals surface area contributed by atoms with Crippen molar-refractivity contribution in [1.82, 2.24) is 5.32 Å². The van der Waals surface area contributed by atoms with Crippen molar-refractivity contribution in [3.05, 3.63) is 95.0 Å². The highest BCUT2D eigenvalue weighted by Crippen LogP contribution is 2.23. The van der Waals surface area contributed by atoms with E-state index in [4.69, 9.17) is 16.3 Å². The molecule has 0 fully saturated rings. The van der Waals surface area contributed by atoms with Crippen LogP contribution in [0.4, 0.5) is 5.69 Å². The molecule has 0 aliphatic carbocycles. The summed E-state index contributed by atoms with van der Waals surface area (Å²) in [5.74, 6) is 0.00585. The summed E-state index contributed by atoms with van der Waals surface area (Å²) >= 11 is 6.02. The van der Waals surface area contributed by atoms with Crippen molar-refractivity contribution in [3.63, 3.8) is 0 Å². The Labute approximate surface area is 174 Å². The quantitative estimate of drug-likeness (QED) is 0.587. The van der Waals surface area contributed by atoms with Crippen LogP contribution in [0, 0.1) is 0 Å². The molecule has 0 unspecified atom stereocenters. The van der Waals surface area contributed by atoms with E-state index < -0.39 is 0 Å². The molecule has 29 heavy (non-hydrogen) atoms. The van der Waals surface area contributed by atoms with Gasteiger partial charge in [0.1, 0.15) is 5.75 Å². The number of amides is 2. The monoisotopic (exact) mass is 408 g/mol. The van der Waals surface area contributed by atoms with E-state index in [0.717, 1.165) is 5.56 Å². The van der Waals surface area contributed by atoms with Crippen LogP contribution in [0.2, 0.25) is 5.02 Å². The van der Waals surface area contributed by atoms with Crippen molar-refractivity contribution in [2.75, 3.05) is 11.9 Å². The summed E-state index contributed by atoms with van der Waals surface area (Å²) < 4.78 is 5.46. The number of benzene rings is 3. The zero-order chi connectivity index (χ0) is 20.6. The van der Waals surface area contributed by atoms with Gasteiger partial charge in [0.25, 0.3) is 11.8 Å². The van der Waals surface area contributed by atoms with E-state index in [1.807, 2.05) is 43.3 Å². The molecule has 1 atom stereocenters. The first-order valence-electron chi connectivity index (χ1n) is 9.16. The Hall–Kier alpha value is -3.31. The van der Waals surface area contributed by atoms with Gasteiger partial charge in [-0.3, -0.25) is 9.59 Å². The van der Waals surface area contributed by atoms with Crippen molar-refractivity contribution < 1.29 is 14.3 Å². The normalized spacial score (nSPS) is 11.4. The predicted molar refractivity (Wildman–Crippen MR) is 114 cm³/mol. The summed E-state index contributed by atoms with van der Waals surface area (Å²) in [5, 5.41) is 6.20. The molecule has 3 rings (SSSR count). The Morgan fingerprint density at radius 1 is 0.966 bits per heavy atom. The molecule has 148 valence electrons. The van der Waals surface area contributed by atoms with Crippen LogP contribution in [-0.2, 0) is 4.79 Å². The minimum absolute atomic E-state index is 0.140. The molecule has 0 bridgehead atoms. The maximum Gasteiger partial charge on any atom is 0.258 e. The fourth-order valence-corrected chi connectivity index (χ4v) is 2.94. The van der Waals surface area contributed by atoms with Gasteiger partial charge in [0, 0.05) is 11.3 Å². The Bertz CT molecular complexity index is 992. The zero-order valence-corrected chi connectivity index (χ0v) is 16.6. The molecule has 2 N–H and O–H groups in total. The number of hydrogen-bond acceptors (Lipinski definition) is 3. The standard InChI is InChI=1S/C23H21ClN2O3/c1-16(25-22(27)15-29-21-13-6-5-12-20(21)24)18-10-7-11-19(14-18)26-23(28)17-8-3-2-4-9-17/h2-14,16H,15H2,1H3,(H,25,27)(H,26,28)/t16-/m1/s1. The number of para-hydroxylation sites is 1. The Kier molecular flexibility index (Phi) is 6.87. The lowest BCUT2D eigenvalue weighted by Crippen LogP contribution is -2.31. The van der Waals surface area contributed by atoms with Gasteiger partial charge < -0.3 is 15.4 Å². The first-order chi connectivity index (χ1) is 14.0. The minimum atomic E-state index is -0.267. The van der Waals surface area contributed by atoms with Crippen LogP contribution in [0.1, 0.15) is 28.9 Å². The number of anilines is 1. The number of carbonyl (C=O) groups is 2. The van der Waals surface area contributed by atoms with E-state index in [1.54, 1.807) is 42.5 Å². The van der Waals surface area contributed by atoms with Crippen LogP contribution in [0.3, 0.4) is 0 Å². The summed E-state index contributed by atoms with van der Waals surface area (Å²) in [6.07, 6.45) is 0. The number of carbonyl (C=O) groups excluding carboxylic acids is 2.